The van der Waals surface area contributed by atoms with Crippen LogP contribution in [-0.4, -0.2) is 24.9 Å². The first-order valence-electron chi connectivity index (χ1n) is 7.26. The van der Waals surface area contributed by atoms with Gasteiger partial charge in [0, 0.05) is 17.6 Å². The highest BCUT2D eigenvalue weighted by Gasteiger charge is 2.15. The van der Waals surface area contributed by atoms with Crippen molar-refractivity contribution < 1.29 is 9.21 Å². The van der Waals surface area contributed by atoms with E-state index in [0.717, 1.165) is 27.7 Å². The van der Waals surface area contributed by atoms with Crippen LogP contribution in [0.5, 0.6) is 0 Å². The number of para-hydroxylation sites is 2. The summed E-state index contributed by atoms with van der Waals surface area (Å²) in [6.45, 7) is 0.752. The minimum absolute atomic E-state index is 0.251. The number of halogens is 1. The fraction of sp³-hybridized carbons (Fsp3) is 0.167. The molecule has 4 nitrogen and oxygen atoms in total. The Bertz CT molecular complexity index is 855. The average Bonchev–Trinajstić information content (AvgIpc) is 2.94. The Labute approximate surface area is 143 Å². The number of furan rings is 1. The van der Waals surface area contributed by atoms with Crippen LogP contribution in [0.4, 0.5) is 5.69 Å². The molecule has 0 radical (unpaired) electrons. The Hall–Kier alpha value is -2.11. The molecule has 1 N–H and O–H groups in total. The largest absolute Gasteiger partial charge is 0.450 e. The molecule has 0 saturated carbocycles. The van der Waals surface area contributed by atoms with Crippen LogP contribution in [0.2, 0.25) is 0 Å². The zero-order valence-electron chi connectivity index (χ0n) is 13.0. The molecule has 0 unspecified atom stereocenters. The van der Waals surface area contributed by atoms with Crippen LogP contribution in [0.3, 0.4) is 0 Å². The van der Waals surface area contributed by atoms with Gasteiger partial charge in [0.25, 0.3) is 5.91 Å². The lowest BCUT2D eigenvalue weighted by Crippen LogP contribution is -2.16. The number of hydrogen-bond donors (Lipinski definition) is 1. The van der Waals surface area contributed by atoms with Gasteiger partial charge in [0.05, 0.1) is 4.47 Å². The molecular formula is C18H17BrN2O2. The number of anilines is 1. The normalized spacial score (nSPS) is 11.1. The smallest absolute Gasteiger partial charge is 0.291 e. The van der Waals surface area contributed by atoms with Gasteiger partial charge >= 0.3 is 0 Å². The lowest BCUT2D eigenvalue weighted by molar-refractivity contribution is 0.0998. The molecule has 5 heteroatoms. The molecule has 3 aromatic rings. The van der Waals surface area contributed by atoms with Gasteiger partial charge < -0.3 is 14.6 Å². The van der Waals surface area contributed by atoms with E-state index in [1.54, 1.807) is 6.07 Å². The Balaban J connectivity index is 1.88. The van der Waals surface area contributed by atoms with Gasteiger partial charge in [-0.25, -0.2) is 0 Å². The number of nitrogens with zero attached hydrogens (tertiary/aromatic N) is 1. The molecule has 0 aliphatic carbocycles. The van der Waals surface area contributed by atoms with Crippen LogP contribution in [0.15, 0.2) is 57.4 Å². The molecule has 23 heavy (non-hydrogen) atoms. The van der Waals surface area contributed by atoms with E-state index in [4.69, 9.17) is 4.42 Å². The van der Waals surface area contributed by atoms with E-state index >= 15 is 0 Å². The quantitative estimate of drug-likeness (QED) is 0.732. The summed E-state index contributed by atoms with van der Waals surface area (Å²) < 4.78 is 6.52. The van der Waals surface area contributed by atoms with Gasteiger partial charge in [-0.05, 0) is 53.8 Å². The van der Waals surface area contributed by atoms with E-state index in [-0.39, 0.29) is 5.91 Å². The van der Waals surface area contributed by atoms with E-state index in [1.807, 2.05) is 56.6 Å². The minimum atomic E-state index is -0.251. The maximum absolute atomic E-state index is 12.5. The Kier molecular flexibility index (Phi) is 4.50. The highest BCUT2D eigenvalue weighted by molar-refractivity contribution is 9.10. The molecule has 0 bridgehead atoms. The summed E-state index contributed by atoms with van der Waals surface area (Å²) in [6, 6.07) is 15.2. The van der Waals surface area contributed by atoms with Crippen LogP contribution >= 0.6 is 15.9 Å². The molecule has 0 saturated heterocycles. The predicted octanol–water partition coefficient (Wildman–Crippen LogP) is 4.51. The summed E-state index contributed by atoms with van der Waals surface area (Å²) in [5.41, 5.74) is 2.54. The molecule has 118 valence electrons. The summed E-state index contributed by atoms with van der Waals surface area (Å²) >= 11 is 3.43. The Morgan fingerprint density at radius 3 is 2.70 bits per heavy atom. The topological polar surface area (TPSA) is 45.5 Å². The van der Waals surface area contributed by atoms with Crippen LogP contribution in [0.25, 0.3) is 11.0 Å². The highest BCUT2D eigenvalue weighted by atomic mass is 79.9. The van der Waals surface area contributed by atoms with E-state index in [1.165, 1.54) is 0 Å². The number of hydrogen-bond acceptors (Lipinski definition) is 3. The first-order chi connectivity index (χ1) is 11.0. The lowest BCUT2D eigenvalue weighted by atomic mass is 10.1. The third-order valence-electron chi connectivity index (χ3n) is 3.47. The minimum Gasteiger partial charge on any atom is -0.450 e. The molecule has 2 aromatic carbocycles. The van der Waals surface area contributed by atoms with Crippen LogP contribution in [0, 0.1) is 0 Å². The van der Waals surface area contributed by atoms with Gasteiger partial charge in [0.15, 0.2) is 5.76 Å². The van der Waals surface area contributed by atoms with Gasteiger partial charge in [-0.15, -0.1) is 0 Å². The zero-order chi connectivity index (χ0) is 16.4. The predicted molar refractivity (Wildman–Crippen MR) is 95.7 cm³/mol. The standard InChI is InChI=1S/C18H17BrN2O2/c1-21(2)11-13-6-3-4-9-15(13)20-18(22)16-10-12-7-5-8-14(19)17(12)23-16/h3-10H,11H2,1-2H3,(H,20,22). The van der Waals surface area contributed by atoms with Crippen molar-refractivity contribution in [3.63, 3.8) is 0 Å². The number of nitrogens with one attached hydrogen (secondary N) is 1. The zero-order valence-corrected chi connectivity index (χ0v) is 14.6. The molecule has 0 aliphatic rings. The summed E-state index contributed by atoms with van der Waals surface area (Å²) in [4.78, 5) is 14.6. The summed E-state index contributed by atoms with van der Waals surface area (Å²) in [5.74, 6) is 0.0471. The second-order valence-corrected chi connectivity index (χ2v) is 6.47. The fourth-order valence-electron chi connectivity index (χ4n) is 2.44. The molecule has 0 atom stereocenters. The molecule has 3 rings (SSSR count). The third-order valence-corrected chi connectivity index (χ3v) is 4.10. The van der Waals surface area contributed by atoms with Crippen molar-refractivity contribution in [2.45, 2.75) is 6.54 Å². The molecule has 1 heterocycles. The maximum Gasteiger partial charge on any atom is 0.291 e. The van der Waals surface area contributed by atoms with E-state index in [0.29, 0.717) is 11.3 Å². The Morgan fingerprint density at radius 1 is 1.17 bits per heavy atom. The van der Waals surface area contributed by atoms with E-state index in [9.17, 15) is 4.79 Å². The van der Waals surface area contributed by atoms with Gasteiger partial charge in [0.2, 0.25) is 0 Å². The summed E-state index contributed by atoms with van der Waals surface area (Å²) in [6.07, 6.45) is 0. The van der Waals surface area contributed by atoms with Gasteiger partial charge in [-0.3, -0.25) is 4.79 Å². The summed E-state index contributed by atoms with van der Waals surface area (Å²) in [7, 11) is 3.99. The maximum atomic E-state index is 12.5. The van der Waals surface area contributed by atoms with Crippen LogP contribution in [0.1, 0.15) is 16.1 Å². The van der Waals surface area contributed by atoms with Crippen molar-refractivity contribution in [3.8, 4) is 0 Å². The summed E-state index contributed by atoms with van der Waals surface area (Å²) in [5, 5.41) is 3.83. The molecule has 1 aromatic heterocycles. The fourth-order valence-corrected chi connectivity index (χ4v) is 2.91. The molecule has 0 spiro atoms. The number of benzene rings is 2. The number of carbonyl (C=O) groups excluding carboxylic acids is 1. The molecular weight excluding hydrogens is 356 g/mol. The molecule has 0 aliphatic heterocycles. The monoisotopic (exact) mass is 372 g/mol. The van der Waals surface area contributed by atoms with Gasteiger partial charge in [0.1, 0.15) is 5.58 Å². The number of carbonyl (C=O) groups is 1. The number of amides is 1. The SMILES string of the molecule is CN(C)Cc1ccccc1NC(=O)c1cc2cccc(Br)c2o1. The van der Waals surface area contributed by atoms with Crippen molar-refractivity contribution in [1.82, 2.24) is 4.90 Å². The molecule has 1 amide bonds. The van der Waals surface area contributed by atoms with Gasteiger partial charge in [-0.1, -0.05) is 30.3 Å². The first-order valence-corrected chi connectivity index (χ1v) is 8.06. The van der Waals surface area contributed by atoms with Crippen LogP contribution < -0.4 is 5.32 Å². The highest BCUT2D eigenvalue weighted by Crippen LogP contribution is 2.27. The van der Waals surface area contributed by atoms with E-state index < -0.39 is 0 Å². The second kappa shape index (κ2) is 6.56. The number of rotatable bonds is 4. The van der Waals surface area contributed by atoms with Crippen LogP contribution in [-0.2, 0) is 6.54 Å². The second-order valence-electron chi connectivity index (χ2n) is 5.62. The van der Waals surface area contributed by atoms with Crippen molar-refractivity contribution in [3.05, 3.63) is 64.3 Å². The van der Waals surface area contributed by atoms with Gasteiger partial charge in [-0.2, -0.15) is 0 Å². The van der Waals surface area contributed by atoms with E-state index in [2.05, 4.69) is 26.1 Å². The van der Waals surface area contributed by atoms with Crippen molar-refractivity contribution in [2.75, 3.05) is 19.4 Å². The third kappa shape index (κ3) is 3.46. The first kappa shape index (κ1) is 15.8. The van der Waals surface area contributed by atoms with Crippen molar-refractivity contribution >= 4 is 38.5 Å². The number of fused-ring (bicyclic) bond motifs is 1. The Morgan fingerprint density at radius 2 is 1.96 bits per heavy atom. The average molecular weight is 373 g/mol. The lowest BCUT2D eigenvalue weighted by Gasteiger charge is -2.14. The van der Waals surface area contributed by atoms with Crippen molar-refractivity contribution in [1.29, 1.82) is 0 Å². The van der Waals surface area contributed by atoms with Crippen molar-refractivity contribution in [2.24, 2.45) is 0 Å². The molecule has 0 fully saturated rings.